The number of rotatable bonds is 6. The smallest absolute Gasteiger partial charge is 0.242 e. The first-order valence-electron chi connectivity index (χ1n) is 7.90. The Morgan fingerprint density at radius 3 is 2.23 bits per heavy atom. The zero-order chi connectivity index (χ0) is 16.8. The molecule has 0 unspecified atom stereocenters. The lowest BCUT2D eigenvalue weighted by Gasteiger charge is -2.19. The fraction of sp³-hybridized carbons (Fsp3) is 0.556. The Hall–Kier alpha value is -1.84. The summed E-state index contributed by atoms with van der Waals surface area (Å²) in [5.41, 5.74) is 2.55. The summed E-state index contributed by atoms with van der Waals surface area (Å²) in [6, 6.07) is 7.88. The van der Waals surface area contributed by atoms with Gasteiger partial charge in [0.1, 0.15) is 6.04 Å². The number of aryl methyl sites for hydroxylation is 1. The first-order chi connectivity index (χ1) is 10.2. The minimum absolute atomic E-state index is 0.0985. The van der Waals surface area contributed by atoms with E-state index in [1.807, 2.05) is 6.92 Å². The second-order valence-electron chi connectivity index (χ2n) is 6.63. The molecule has 0 spiro atoms. The lowest BCUT2D eigenvalue weighted by Crippen LogP contribution is -2.44. The molecule has 0 radical (unpaired) electrons. The van der Waals surface area contributed by atoms with Crippen molar-refractivity contribution in [2.24, 2.45) is 0 Å². The predicted octanol–water partition coefficient (Wildman–Crippen LogP) is 2.56. The summed E-state index contributed by atoms with van der Waals surface area (Å²) in [5.74, 6) is -0.246. The molecule has 1 aromatic rings. The van der Waals surface area contributed by atoms with E-state index in [9.17, 15) is 9.59 Å². The molecule has 0 saturated heterocycles. The van der Waals surface area contributed by atoms with Crippen LogP contribution in [0, 0.1) is 0 Å². The summed E-state index contributed by atoms with van der Waals surface area (Å²) in [6.45, 7) is 10.7. The zero-order valence-electron chi connectivity index (χ0n) is 14.3. The third-order valence-electron chi connectivity index (χ3n) is 3.58. The van der Waals surface area contributed by atoms with Crippen molar-refractivity contribution in [3.8, 4) is 0 Å². The molecular weight excluding hydrogens is 276 g/mol. The number of benzene rings is 1. The molecule has 0 aromatic heterocycles. The lowest BCUT2D eigenvalue weighted by atomic mass is 9.86. The summed E-state index contributed by atoms with van der Waals surface area (Å²) in [5, 5.41) is 5.41. The second-order valence-corrected chi connectivity index (χ2v) is 6.63. The van der Waals surface area contributed by atoms with Crippen molar-refractivity contribution >= 4 is 11.8 Å². The van der Waals surface area contributed by atoms with Crippen LogP contribution in [0.25, 0.3) is 0 Å². The van der Waals surface area contributed by atoms with E-state index in [0.29, 0.717) is 19.4 Å². The van der Waals surface area contributed by atoms with E-state index in [0.717, 1.165) is 5.56 Å². The molecule has 0 aliphatic carbocycles. The molecular formula is C18H28N2O2. The van der Waals surface area contributed by atoms with Crippen LogP contribution in [0.4, 0.5) is 0 Å². The van der Waals surface area contributed by atoms with Gasteiger partial charge in [-0.15, -0.1) is 0 Å². The van der Waals surface area contributed by atoms with E-state index in [4.69, 9.17) is 0 Å². The monoisotopic (exact) mass is 304 g/mol. The van der Waals surface area contributed by atoms with Gasteiger partial charge in [-0.05, 0) is 36.8 Å². The van der Waals surface area contributed by atoms with Crippen LogP contribution >= 0.6 is 0 Å². The molecule has 0 aliphatic heterocycles. The third kappa shape index (κ3) is 5.88. The second kappa shape index (κ2) is 7.97. The van der Waals surface area contributed by atoms with E-state index in [-0.39, 0.29) is 17.2 Å². The van der Waals surface area contributed by atoms with Gasteiger partial charge in [-0.3, -0.25) is 9.59 Å². The van der Waals surface area contributed by atoms with E-state index in [2.05, 4.69) is 55.7 Å². The van der Waals surface area contributed by atoms with Gasteiger partial charge in [-0.25, -0.2) is 0 Å². The fourth-order valence-corrected chi connectivity index (χ4v) is 2.14. The van der Waals surface area contributed by atoms with Gasteiger partial charge in [0.05, 0.1) is 0 Å². The summed E-state index contributed by atoms with van der Waals surface area (Å²) < 4.78 is 0. The normalized spacial score (nSPS) is 12.6. The van der Waals surface area contributed by atoms with Crippen molar-refractivity contribution in [2.45, 2.75) is 58.9 Å². The molecule has 4 nitrogen and oxygen atoms in total. The van der Waals surface area contributed by atoms with Crippen LogP contribution in [0.3, 0.4) is 0 Å². The van der Waals surface area contributed by atoms with Crippen molar-refractivity contribution in [2.75, 3.05) is 6.54 Å². The Morgan fingerprint density at radius 1 is 1.14 bits per heavy atom. The predicted molar refractivity (Wildman–Crippen MR) is 89.8 cm³/mol. The van der Waals surface area contributed by atoms with E-state index >= 15 is 0 Å². The Kier molecular flexibility index (Phi) is 6.60. The van der Waals surface area contributed by atoms with Gasteiger partial charge in [-0.1, -0.05) is 45.0 Å². The highest BCUT2D eigenvalue weighted by molar-refractivity contribution is 5.87. The Bertz CT molecular complexity index is 501. The average Bonchev–Trinajstić information content (AvgIpc) is 2.45. The number of likely N-dealkylation sites (N-methyl/N-ethyl adjacent to an activating group) is 1. The SMILES string of the molecule is CCNC(=O)[C@H](C)NC(=O)CCc1ccc(C(C)(C)C)cc1. The van der Waals surface area contributed by atoms with Gasteiger partial charge >= 0.3 is 0 Å². The highest BCUT2D eigenvalue weighted by Gasteiger charge is 2.15. The van der Waals surface area contributed by atoms with Crippen LogP contribution in [0.1, 0.15) is 52.2 Å². The first-order valence-corrected chi connectivity index (χ1v) is 7.90. The summed E-state index contributed by atoms with van der Waals surface area (Å²) in [6.07, 6.45) is 1.07. The number of hydrogen-bond donors (Lipinski definition) is 2. The van der Waals surface area contributed by atoms with Gasteiger partial charge in [-0.2, -0.15) is 0 Å². The fourth-order valence-electron chi connectivity index (χ4n) is 2.14. The van der Waals surface area contributed by atoms with Gasteiger partial charge in [0.25, 0.3) is 0 Å². The van der Waals surface area contributed by atoms with Crippen molar-refractivity contribution in [1.29, 1.82) is 0 Å². The van der Waals surface area contributed by atoms with Crippen LogP contribution < -0.4 is 10.6 Å². The minimum atomic E-state index is -0.490. The van der Waals surface area contributed by atoms with Crippen molar-refractivity contribution < 1.29 is 9.59 Å². The molecule has 22 heavy (non-hydrogen) atoms. The Labute approximate surface area is 133 Å². The maximum atomic E-state index is 11.9. The number of hydrogen-bond acceptors (Lipinski definition) is 2. The third-order valence-corrected chi connectivity index (χ3v) is 3.58. The number of amides is 2. The van der Waals surface area contributed by atoms with Gasteiger partial charge in [0.15, 0.2) is 0 Å². The van der Waals surface area contributed by atoms with Crippen LogP contribution in [0.2, 0.25) is 0 Å². The molecule has 0 fully saturated rings. The van der Waals surface area contributed by atoms with E-state index in [1.165, 1.54) is 5.56 Å². The van der Waals surface area contributed by atoms with Crippen molar-refractivity contribution in [3.63, 3.8) is 0 Å². The molecule has 4 heteroatoms. The summed E-state index contributed by atoms with van der Waals surface area (Å²) in [4.78, 5) is 23.4. The topological polar surface area (TPSA) is 58.2 Å². The standard InChI is InChI=1S/C18H28N2O2/c1-6-19-17(22)13(2)20-16(21)12-9-14-7-10-15(11-8-14)18(3,4)5/h7-8,10-11,13H,6,9,12H2,1-5H3,(H,19,22)(H,20,21)/t13-/m0/s1. The van der Waals surface area contributed by atoms with Gasteiger partial charge in [0.2, 0.25) is 11.8 Å². The molecule has 122 valence electrons. The number of nitrogens with one attached hydrogen (secondary N) is 2. The molecule has 1 aromatic carbocycles. The van der Waals surface area contributed by atoms with E-state index in [1.54, 1.807) is 6.92 Å². The van der Waals surface area contributed by atoms with Crippen molar-refractivity contribution in [1.82, 2.24) is 10.6 Å². The first kappa shape index (κ1) is 18.2. The minimum Gasteiger partial charge on any atom is -0.355 e. The molecule has 0 heterocycles. The number of carbonyl (C=O) groups is 2. The molecule has 2 amide bonds. The average molecular weight is 304 g/mol. The maximum absolute atomic E-state index is 11.9. The highest BCUT2D eigenvalue weighted by atomic mass is 16.2. The molecule has 0 saturated carbocycles. The van der Waals surface area contributed by atoms with Gasteiger partial charge < -0.3 is 10.6 Å². The quantitative estimate of drug-likeness (QED) is 0.848. The zero-order valence-corrected chi connectivity index (χ0v) is 14.3. The van der Waals surface area contributed by atoms with Crippen LogP contribution in [0.15, 0.2) is 24.3 Å². The van der Waals surface area contributed by atoms with Crippen LogP contribution in [0.5, 0.6) is 0 Å². The molecule has 2 N–H and O–H groups in total. The summed E-state index contributed by atoms with van der Waals surface area (Å²) >= 11 is 0. The molecule has 0 bridgehead atoms. The lowest BCUT2D eigenvalue weighted by molar-refractivity contribution is -0.128. The number of carbonyl (C=O) groups excluding carboxylic acids is 2. The largest absolute Gasteiger partial charge is 0.355 e. The molecule has 1 atom stereocenters. The molecule has 0 aliphatic rings. The van der Waals surface area contributed by atoms with Gasteiger partial charge in [0, 0.05) is 13.0 Å². The highest BCUT2D eigenvalue weighted by Crippen LogP contribution is 2.22. The van der Waals surface area contributed by atoms with Crippen LogP contribution in [-0.2, 0) is 21.4 Å². The maximum Gasteiger partial charge on any atom is 0.242 e. The van der Waals surface area contributed by atoms with E-state index < -0.39 is 6.04 Å². The van der Waals surface area contributed by atoms with Crippen molar-refractivity contribution in [3.05, 3.63) is 35.4 Å². The molecule has 1 rings (SSSR count). The Balaban J connectivity index is 2.46. The van der Waals surface area contributed by atoms with Crippen LogP contribution in [-0.4, -0.2) is 24.4 Å². The Morgan fingerprint density at radius 2 is 1.73 bits per heavy atom. The summed E-state index contributed by atoms with van der Waals surface area (Å²) in [7, 11) is 0.